The van der Waals surface area contributed by atoms with Crippen molar-refractivity contribution in [3.05, 3.63) is 48.5 Å². The summed E-state index contributed by atoms with van der Waals surface area (Å²) in [5, 5.41) is 5.89. The first-order valence-electron chi connectivity index (χ1n) is 9.62. The van der Waals surface area contributed by atoms with Crippen molar-refractivity contribution in [1.29, 1.82) is 0 Å². The number of carbonyl (C=O) groups is 2. The summed E-state index contributed by atoms with van der Waals surface area (Å²) in [6, 6.07) is 15.0. The fourth-order valence-electron chi connectivity index (χ4n) is 3.36. The van der Waals surface area contributed by atoms with Gasteiger partial charge in [0.25, 0.3) is 0 Å². The minimum atomic E-state index is -0.105. The molecule has 1 aliphatic rings. The van der Waals surface area contributed by atoms with Crippen LogP contribution in [0.4, 0.5) is 11.4 Å². The molecule has 3 rings (SSSR count). The van der Waals surface area contributed by atoms with Crippen molar-refractivity contribution in [3.8, 4) is 5.75 Å². The minimum Gasteiger partial charge on any atom is -0.495 e. The summed E-state index contributed by atoms with van der Waals surface area (Å²) in [4.78, 5) is 25.6. The van der Waals surface area contributed by atoms with Crippen LogP contribution in [0, 0.1) is 5.92 Å². The zero-order chi connectivity index (χ0) is 19.8. The normalized spacial score (nSPS) is 14.3. The van der Waals surface area contributed by atoms with Gasteiger partial charge < -0.3 is 15.4 Å². The van der Waals surface area contributed by atoms with Crippen molar-refractivity contribution in [1.82, 2.24) is 0 Å². The fraction of sp³-hybridized carbons (Fsp3) is 0.364. The molecule has 0 aliphatic heterocycles. The Bertz CT molecular complexity index is 819. The van der Waals surface area contributed by atoms with Crippen LogP contribution in [0.2, 0.25) is 0 Å². The van der Waals surface area contributed by atoms with Gasteiger partial charge in [0.15, 0.2) is 0 Å². The third kappa shape index (κ3) is 5.76. The molecule has 0 bridgehead atoms. The lowest BCUT2D eigenvalue weighted by molar-refractivity contribution is -0.120. The predicted molar refractivity (Wildman–Crippen MR) is 114 cm³/mol. The quantitative estimate of drug-likeness (QED) is 0.648. The number of thioether (sulfide) groups is 1. The highest BCUT2D eigenvalue weighted by Crippen LogP contribution is 2.27. The topological polar surface area (TPSA) is 67.4 Å². The first-order chi connectivity index (χ1) is 13.7. The maximum Gasteiger partial charge on any atom is 0.234 e. The second-order valence-electron chi connectivity index (χ2n) is 6.89. The monoisotopic (exact) mass is 398 g/mol. The molecule has 0 aromatic heterocycles. The third-order valence-electron chi connectivity index (χ3n) is 4.83. The summed E-state index contributed by atoms with van der Waals surface area (Å²) in [6.07, 6.45) is 5.45. The van der Waals surface area contributed by atoms with E-state index in [4.69, 9.17) is 4.74 Å². The lowest BCUT2D eigenvalue weighted by atomic mass is 9.88. The molecule has 0 atom stereocenters. The highest BCUT2D eigenvalue weighted by atomic mass is 32.2. The second kappa shape index (κ2) is 10.2. The van der Waals surface area contributed by atoms with Crippen molar-refractivity contribution in [2.45, 2.75) is 37.0 Å². The van der Waals surface area contributed by atoms with Gasteiger partial charge in [-0.1, -0.05) is 37.5 Å². The van der Waals surface area contributed by atoms with E-state index in [1.807, 2.05) is 42.5 Å². The van der Waals surface area contributed by atoms with Gasteiger partial charge in [-0.15, -0.1) is 11.8 Å². The van der Waals surface area contributed by atoms with Crippen LogP contribution in [0.3, 0.4) is 0 Å². The van der Waals surface area contributed by atoms with Crippen LogP contribution < -0.4 is 15.4 Å². The van der Waals surface area contributed by atoms with Crippen molar-refractivity contribution in [3.63, 3.8) is 0 Å². The summed E-state index contributed by atoms with van der Waals surface area (Å²) in [7, 11) is 1.58. The van der Waals surface area contributed by atoms with E-state index in [-0.39, 0.29) is 23.5 Å². The maximum atomic E-state index is 12.4. The number of hydrogen-bond donors (Lipinski definition) is 2. The number of rotatable bonds is 7. The highest BCUT2D eigenvalue weighted by Gasteiger charge is 2.21. The Labute approximate surface area is 170 Å². The van der Waals surface area contributed by atoms with E-state index >= 15 is 0 Å². The predicted octanol–water partition coefficient (Wildman–Crippen LogP) is 4.94. The molecule has 0 heterocycles. The first-order valence-corrected chi connectivity index (χ1v) is 10.6. The molecule has 0 unspecified atom stereocenters. The van der Waals surface area contributed by atoms with E-state index in [1.165, 1.54) is 18.2 Å². The molecule has 0 saturated heterocycles. The van der Waals surface area contributed by atoms with Gasteiger partial charge in [-0.3, -0.25) is 9.59 Å². The van der Waals surface area contributed by atoms with Gasteiger partial charge in [-0.05, 0) is 43.2 Å². The van der Waals surface area contributed by atoms with E-state index in [9.17, 15) is 9.59 Å². The highest BCUT2D eigenvalue weighted by molar-refractivity contribution is 8.00. The smallest absolute Gasteiger partial charge is 0.234 e. The number of para-hydroxylation sites is 2. The summed E-state index contributed by atoms with van der Waals surface area (Å²) < 4.78 is 5.25. The van der Waals surface area contributed by atoms with Crippen molar-refractivity contribution in [2.24, 2.45) is 5.92 Å². The van der Waals surface area contributed by atoms with Crippen LogP contribution in [-0.4, -0.2) is 24.7 Å². The maximum absolute atomic E-state index is 12.4. The van der Waals surface area contributed by atoms with Gasteiger partial charge in [0.1, 0.15) is 5.75 Å². The van der Waals surface area contributed by atoms with Gasteiger partial charge in [-0.2, -0.15) is 0 Å². The minimum absolute atomic E-state index is 0.105. The number of ether oxygens (including phenoxy) is 1. The van der Waals surface area contributed by atoms with E-state index < -0.39 is 0 Å². The van der Waals surface area contributed by atoms with Gasteiger partial charge in [-0.25, -0.2) is 0 Å². The standard InChI is InChI=1S/C22H26N2O3S/c1-27-20-13-6-5-12-19(20)24-21(25)15-28-18-11-7-10-17(14-18)23-22(26)16-8-3-2-4-9-16/h5-7,10-14,16H,2-4,8-9,15H2,1H3,(H,23,26)(H,24,25). The number of benzene rings is 2. The molecule has 5 nitrogen and oxygen atoms in total. The number of methoxy groups -OCH3 is 1. The third-order valence-corrected chi connectivity index (χ3v) is 5.82. The molecule has 6 heteroatoms. The number of nitrogens with one attached hydrogen (secondary N) is 2. The Hall–Kier alpha value is -2.47. The van der Waals surface area contributed by atoms with Crippen LogP contribution in [0.15, 0.2) is 53.4 Å². The fourth-order valence-corrected chi connectivity index (χ4v) is 4.11. The van der Waals surface area contributed by atoms with E-state index in [0.717, 1.165) is 36.3 Å². The van der Waals surface area contributed by atoms with E-state index in [1.54, 1.807) is 13.2 Å². The summed E-state index contributed by atoms with van der Waals surface area (Å²) in [6.45, 7) is 0. The Balaban J connectivity index is 1.52. The van der Waals surface area contributed by atoms with E-state index in [2.05, 4.69) is 10.6 Å². The number of carbonyl (C=O) groups excluding carboxylic acids is 2. The van der Waals surface area contributed by atoms with Crippen LogP contribution in [-0.2, 0) is 9.59 Å². The average Bonchev–Trinajstić information content (AvgIpc) is 2.73. The van der Waals surface area contributed by atoms with Gasteiger partial charge in [0.05, 0.1) is 18.6 Å². The molecule has 2 N–H and O–H groups in total. The molecule has 148 valence electrons. The molecule has 1 saturated carbocycles. The van der Waals surface area contributed by atoms with Gasteiger partial charge in [0.2, 0.25) is 11.8 Å². The van der Waals surface area contributed by atoms with Crippen molar-refractivity contribution < 1.29 is 14.3 Å². The number of hydrogen-bond acceptors (Lipinski definition) is 4. The van der Waals surface area contributed by atoms with Crippen molar-refractivity contribution >= 4 is 35.0 Å². The SMILES string of the molecule is COc1ccccc1NC(=O)CSc1cccc(NC(=O)C2CCCCC2)c1. The second-order valence-corrected chi connectivity index (χ2v) is 7.94. The van der Waals surface area contributed by atoms with Crippen molar-refractivity contribution in [2.75, 3.05) is 23.5 Å². The Morgan fingerprint density at radius 3 is 2.61 bits per heavy atom. The van der Waals surface area contributed by atoms with Crippen LogP contribution in [0.25, 0.3) is 0 Å². The Kier molecular flexibility index (Phi) is 7.37. The largest absolute Gasteiger partial charge is 0.495 e. The Morgan fingerprint density at radius 2 is 1.82 bits per heavy atom. The summed E-state index contributed by atoms with van der Waals surface area (Å²) in [5.41, 5.74) is 1.44. The van der Waals surface area contributed by atoms with E-state index in [0.29, 0.717) is 11.4 Å². The lowest BCUT2D eigenvalue weighted by Gasteiger charge is -2.20. The molecule has 2 aromatic carbocycles. The molecule has 2 amide bonds. The molecule has 0 radical (unpaired) electrons. The van der Waals surface area contributed by atoms with Crippen LogP contribution in [0.5, 0.6) is 5.75 Å². The molecule has 1 fully saturated rings. The summed E-state index contributed by atoms with van der Waals surface area (Å²) >= 11 is 1.43. The van der Waals surface area contributed by atoms with Crippen LogP contribution in [0.1, 0.15) is 32.1 Å². The molecule has 1 aliphatic carbocycles. The molecule has 0 spiro atoms. The Morgan fingerprint density at radius 1 is 1.04 bits per heavy atom. The number of anilines is 2. The molecule has 2 aromatic rings. The molecule has 28 heavy (non-hydrogen) atoms. The average molecular weight is 399 g/mol. The lowest BCUT2D eigenvalue weighted by Crippen LogP contribution is -2.24. The molecular formula is C22H26N2O3S. The first kappa shape index (κ1) is 20.3. The summed E-state index contributed by atoms with van der Waals surface area (Å²) in [5.74, 6) is 1.03. The zero-order valence-corrected chi connectivity index (χ0v) is 16.9. The molecular weight excluding hydrogens is 372 g/mol. The zero-order valence-electron chi connectivity index (χ0n) is 16.1. The van der Waals surface area contributed by atoms with Gasteiger partial charge in [0, 0.05) is 16.5 Å². The van der Waals surface area contributed by atoms with Gasteiger partial charge >= 0.3 is 0 Å². The number of amides is 2. The van der Waals surface area contributed by atoms with Crippen LogP contribution >= 0.6 is 11.8 Å².